The lowest BCUT2D eigenvalue weighted by atomic mass is 10.3. The summed E-state index contributed by atoms with van der Waals surface area (Å²) in [5.41, 5.74) is 0. The van der Waals surface area contributed by atoms with Gasteiger partial charge >= 0.3 is 0 Å². The number of unbranched alkanes of at least 4 members (excludes halogenated alkanes) is 2. The highest BCUT2D eigenvalue weighted by atomic mass is 32.2. The van der Waals surface area contributed by atoms with Crippen LogP contribution in [0.25, 0.3) is 0 Å². The van der Waals surface area contributed by atoms with E-state index in [4.69, 9.17) is 9.47 Å². The lowest BCUT2D eigenvalue weighted by molar-refractivity contribution is -0.117. The molecule has 0 aliphatic heterocycles. The Morgan fingerprint density at radius 1 is 0.824 bits per heavy atom. The first-order valence-corrected chi connectivity index (χ1v) is 13.0. The topological polar surface area (TPSA) is 185 Å². The van der Waals surface area contributed by atoms with Gasteiger partial charge in [0.25, 0.3) is 20.2 Å². The second kappa shape index (κ2) is 13.7. The largest absolute Gasteiger partial charge is 0.490 e. The number of carbonyl (C=O) groups is 2. The molecule has 0 spiro atoms. The number of amides is 2. The van der Waals surface area contributed by atoms with E-state index in [1.807, 2.05) is 0 Å². The number of hydrogen-bond acceptors (Lipinski definition) is 8. The summed E-state index contributed by atoms with van der Waals surface area (Å²) in [4.78, 5) is 20.5. The fourth-order valence-corrected chi connectivity index (χ4v) is 3.79. The molecular weight excluding hydrogens is 492 g/mol. The smallest absolute Gasteiger partial charge is 0.298 e. The Morgan fingerprint density at radius 2 is 1.32 bits per heavy atom. The molecule has 14 heteroatoms. The summed E-state index contributed by atoms with van der Waals surface area (Å²) in [5.74, 6) is -1.45. The van der Waals surface area contributed by atoms with E-state index in [1.54, 1.807) is 0 Å². The Hall–Kier alpha value is -2.94. The zero-order valence-corrected chi connectivity index (χ0v) is 20.0. The van der Waals surface area contributed by atoms with Gasteiger partial charge in [-0.05, 0) is 43.9 Å². The SMILES string of the molecule is C=CC(=O)NCCCCOc1cc(S(=O)(=O)O)cc(S(=O)(=O)O)c1OCCCCNC(=O)C=C. The van der Waals surface area contributed by atoms with Gasteiger partial charge in [0.05, 0.1) is 18.1 Å². The fraction of sp³-hybridized carbons (Fsp3) is 0.400. The number of hydrogen-bond donors (Lipinski definition) is 4. The first-order valence-electron chi connectivity index (χ1n) is 10.1. The van der Waals surface area contributed by atoms with Crippen LogP contribution >= 0.6 is 0 Å². The van der Waals surface area contributed by atoms with Crippen molar-refractivity contribution in [3.63, 3.8) is 0 Å². The maximum Gasteiger partial charge on any atom is 0.298 e. The summed E-state index contributed by atoms with van der Waals surface area (Å²) in [6.07, 6.45) is 3.93. The van der Waals surface area contributed by atoms with E-state index in [1.165, 1.54) is 0 Å². The number of carbonyl (C=O) groups excluding carboxylic acids is 2. The fourth-order valence-electron chi connectivity index (χ4n) is 2.52. The minimum atomic E-state index is -4.96. The van der Waals surface area contributed by atoms with E-state index in [9.17, 15) is 35.5 Å². The quantitative estimate of drug-likeness (QED) is 0.140. The van der Waals surface area contributed by atoms with Crippen LogP contribution in [0.1, 0.15) is 25.7 Å². The molecule has 0 unspecified atom stereocenters. The van der Waals surface area contributed by atoms with Crippen LogP contribution in [-0.2, 0) is 29.8 Å². The van der Waals surface area contributed by atoms with Crippen LogP contribution < -0.4 is 20.1 Å². The summed E-state index contributed by atoms with van der Waals surface area (Å²) >= 11 is 0. The van der Waals surface area contributed by atoms with Crippen LogP contribution in [0.2, 0.25) is 0 Å². The number of rotatable bonds is 16. The van der Waals surface area contributed by atoms with E-state index in [0.29, 0.717) is 44.8 Å². The molecule has 1 aromatic rings. The Labute approximate surface area is 198 Å². The minimum Gasteiger partial charge on any atom is -0.490 e. The van der Waals surface area contributed by atoms with Gasteiger partial charge in [-0.3, -0.25) is 18.7 Å². The molecule has 34 heavy (non-hydrogen) atoms. The van der Waals surface area contributed by atoms with Crippen LogP contribution in [0.3, 0.4) is 0 Å². The molecule has 0 atom stereocenters. The van der Waals surface area contributed by atoms with Gasteiger partial charge in [-0.25, -0.2) is 0 Å². The van der Waals surface area contributed by atoms with Crippen molar-refractivity contribution in [1.29, 1.82) is 0 Å². The monoisotopic (exact) mass is 520 g/mol. The number of benzene rings is 1. The Bertz CT molecular complexity index is 1100. The molecule has 0 heterocycles. The van der Waals surface area contributed by atoms with Gasteiger partial charge in [-0.1, -0.05) is 13.2 Å². The van der Waals surface area contributed by atoms with E-state index in [-0.39, 0.29) is 30.8 Å². The lowest BCUT2D eigenvalue weighted by Crippen LogP contribution is -2.22. The predicted molar refractivity (Wildman–Crippen MR) is 122 cm³/mol. The van der Waals surface area contributed by atoms with Crippen LogP contribution in [-0.4, -0.2) is 64.1 Å². The van der Waals surface area contributed by atoms with Gasteiger partial charge < -0.3 is 20.1 Å². The molecule has 1 aromatic carbocycles. The second-order valence-corrected chi connectivity index (χ2v) is 9.61. The van der Waals surface area contributed by atoms with Crippen molar-refractivity contribution in [1.82, 2.24) is 10.6 Å². The van der Waals surface area contributed by atoms with E-state index in [2.05, 4.69) is 23.8 Å². The molecule has 0 aliphatic rings. The molecule has 0 fully saturated rings. The van der Waals surface area contributed by atoms with Crippen molar-refractivity contribution in [2.75, 3.05) is 26.3 Å². The molecule has 1 rings (SSSR count). The van der Waals surface area contributed by atoms with Crippen LogP contribution in [0.4, 0.5) is 0 Å². The maximum absolute atomic E-state index is 11.9. The molecule has 12 nitrogen and oxygen atoms in total. The van der Waals surface area contributed by atoms with E-state index < -0.39 is 35.8 Å². The van der Waals surface area contributed by atoms with E-state index in [0.717, 1.165) is 18.2 Å². The van der Waals surface area contributed by atoms with Gasteiger partial charge in [0.2, 0.25) is 11.8 Å². The highest BCUT2D eigenvalue weighted by Gasteiger charge is 2.26. The summed E-state index contributed by atoms with van der Waals surface area (Å²) in [7, 11) is -9.79. The number of nitrogens with one attached hydrogen (secondary N) is 2. The molecular formula is C20H28N2O10S2. The number of ether oxygens (including phenoxy) is 2. The molecule has 0 aromatic heterocycles. The first-order chi connectivity index (χ1) is 15.9. The first kappa shape index (κ1) is 29.1. The van der Waals surface area contributed by atoms with Gasteiger partial charge in [0.1, 0.15) is 4.90 Å². The van der Waals surface area contributed by atoms with Crippen LogP contribution in [0, 0.1) is 0 Å². The Morgan fingerprint density at radius 3 is 1.76 bits per heavy atom. The zero-order valence-electron chi connectivity index (χ0n) is 18.4. The third kappa shape index (κ3) is 10.3. The van der Waals surface area contributed by atoms with E-state index >= 15 is 0 Å². The van der Waals surface area contributed by atoms with Crippen molar-refractivity contribution >= 4 is 32.1 Å². The molecule has 0 saturated carbocycles. The maximum atomic E-state index is 11.9. The van der Waals surface area contributed by atoms with Crippen LogP contribution in [0.15, 0.2) is 47.2 Å². The Kier molecular flexibility index (Phi) is 11.7. The van der Waals surface area contributed by atoms with Crippen molar-refractivity contribution in [2.24, 2.45) is 0 Å². The molecule has 0 saturated heterocycles. The van der Waals surface area contributed by atoms with Crippen molar-refractivity contribution in [2.45, 2.75) is 35.5 Å². The summed E-state index contributed by atoms with van der Waals surface area (Å²) < 4.78 is 76.8. The lowest BCUT2D eigenvalue weighted by Gasteiger charge is -2.17. The third-order valence-electron chi connectivity index (χ3n) is 4.19. The Balaban J connectivity index is 3.00. The van der Waals surface area contributed by atoms with Crippen LogP contribution in [0.5, 0.6) is 11.5 Å². The molecule has 0 aliphatic carbocycles. The van der Waals surface area contributed by atoms with Crippen molar-refractivity contribution in [3.8, 4) is 11.5 Å². The summed E-state index contributed by atoms with van der Waals surface area (Å²) in [6.45, 7) is 7.20. The normalized spacial score (nSPS) is 11.4. The average molecular weight is 521 g/mol. The molecule has 190 valence electrons. The molecule has 0 bridgehead atoms. The second-order valence-electron chi connectivity index (χ2n) is 6.80. The molecule has 0 radical (unpaired) electrons. The average Bonchev–Trinajstić information content (AvgIpc) is 2.76. The van der Waals surface area contributed by atoms with Crippen molar-refractivity contribution < 1.29 is 45.0 Å². The summed E-state index contributed by atoms with van der Waals surface area (Å²) in [6, 6.07) is 1.44. The van der Waals surface area contributed by atoms with Crippen molar-refractivity contribution in [3.05, 3.63) is 37.4 Å². The summed E-state index contributed by atoms with van der Waals surface area (Å²) in [5, 5.41) is 5.12. The third-order valence-corrected chi connectivity index (χ3v) is 5.88. The zero-order chi connectivity index (χ0) is 25.8. The highest BCUT2D eigenvalue weighted by Crippen LogP contribution is 2.37. The van der Waals surface area contributed by atoms with Gasteiger partial charge in [0.15, 0.2) is 11.5 Å². The van der Waals surface area contributed by atoms with Gasteiger partial charge in [-0.2, -0.15) is 16.8 Å². The standard InChI is InChI=1S/C20H28N2O10S2/c1-3-18(23)21-9-5-7-11-31-16-13-15(33(25,26)27)14-17(34(28,29)30)20(16)32-12-8-6-10-22-19(24)4-2/h3-4,13-14H,1-2,5-12H2,(H,21,23)(H,22,24)(H,25,26,27)(H,28,29,30). The van der Waals surface area contributed by atoms with Gasteiger partial charge in [-0.15, -0.1) is 0 Å². The predicted octanol–water partition coefficient (Wildman–Crippen LogP) is 1.10. The molecule has 4 N–H and O–H groups in total. The highest BCUT2D eigenvalue weighted by molar-refractivity contribution is 7.86. The minimum absolute atomic E-state index is 0.0201. The molecule has 2 amide bonds. The van der Waals surface area contributed by atoms with Gasteiger partial charge in [0, 0.05) is 19.2 Å².